The average molecular weight is 355 g/mol. The van der Waals surface area contributed by atoms with E-state index < -0.39 is 6.61 Å². The molecule has 0 saturated carbocycles. The highest BCUT2D eigenvalue weighted by Gasteiger charge is 2.23. The van der Waals surface area contributed by atoms with Gasteiger partial charge in [0.05, 0.1) is 0 Å². The molecule has 0 bridgehead atoms. The van der Waals surface area contributed by atoms with E-state index in [1.807, 2.05) is 6.92 Å². The summed E-state index contributed by atoms with van der Waals surface area (Å²) in [7, 11) is 0. The summed E-state index contributed by atoms with van der Waals surface area (Å²) >= 11 is 5.96. The van der Waals surface area contributed by atoms with E-state index in [4.69, 9.17) is 17.3 Å². The smallest absolute Gasteiger partial charge is 0.387 e. The molecule has 1 atom stereocenters. The van der Waals surface area contributed by atoms with Gasteiger partial charge in [0.25, 0.3) is 0 Å². The molecule has 1 saturated heterocycles. The Hall–Kier alpha value is -0.620. The van der Waals surface area contributed by atoms with Gasteiger partial charge in [-0.25, -0.2) is 0 Å². The third-order valence-electron chi connectivity index (χ3n) is 4.01. The monoisotopic (exact) mass is 354 g/mol. The molecule has 0 amide bonds. The second kappa shape index (κ2) is 8.87. The minimum absolute atomic E-state index is 0. The highest BCUT2D eigenvalue weighted by Crippen LogP contribution is 2.28. The number of hydrogen-bond acceptors (Lipinski definition) is 3. The first kappa shape index (κ1) is 19.4. The number of hydrogen-bond donors (Lipinski definition) is 1. The van der Waals surface area contributed by atoms with E-state index >= 15 is 0 Å². The summed E-state index contributed by atoms with van der Waals surface area (Å²) in [5.41, 5.74) is 6.62. The van der Waals surface area contributed by atoms with E-state index in [0.717, 1.165) is 25.9 Å². The van der Waals surface area contributed by atoms with Crippen LogP contribution < -0.4 is 10.5 Å². The lowest BCUT2D eigenvalue weighted by Gasteiger charge is -2.34. The molecular weight excluding hydrogens is 333 g/mol. The zero-order valence-corrected chi connectivity index (χ0v) is 14.0. The second-order valence-corrected chi connectivity index (χ2v) is 6.04. The van der Waals surface area contributed by atoms with Crippen LogP contribution in [0.3, 0.4) is 0 Å². The predicted molar refractivity (Wildman–Crippen MR) is 87.0 cm³/mol. The van der Waals surface area contributed by atoms with Crippen molar-refractivity contribution in [1.82, 2.24) is 4.90 Å². The first-order valence-corrected chi connectivity index (χ1v) is 7.54. The Morgan fingerprint density at radius 3 is 2.55 bits per heavy atom. The second-order valence-electron chi connectivity index (χ2n) is 5.60. The quantitative estimate of drug-likeness (QED) is 0.870. The van der Waals surface area contributed by atoms with E-state index in [1.165, 1.54) is 6.07 Å². The molecule has 0 aliphatic carbocycles. The number of benzene rings is 1. The molecule has 0 spiro atoms. The number of rotatable bonds is 5. The van der Waals surface area contributed by atoms with Crippen molar-refractivity contribution < 1.29 is 13.5 Å². The molecule has 7 heteroatoms. The largest absolute Gasteiger partial charge is 0.434 e. The van der Waals surface area contributed by atoms with Gasteiger partial charge >= 0.3 is 6.61 Å². The molecule has 1 aromatic carbocycles. The summed E-state index contributed by atoms with van der Waals surface area (Å²) in [6.07, 6.45) is 2.06. The molecule has 126 valence electrons. The van der Waals surface area contributed by atoms with Gasteiger partial charge in [-0.05, 0) is 57.0 Å². The Kier molecular flexibility index (Phi) is 7.83. The van der Waals surface area contributed by atoms with E-state index in [1.54, 1.807) is 12.1 Å². The molecule has 0 radical (unpaired) electrons. The Balaban J connectivity index is 0.00000242. The summed E-state index contributed by atoms with van der Waals surface area (Å²) in [4.78, 5) is 2.23. The molecule has 1 fully saturated rings. The van der Waals surface area contributed by atoms with Gasteiger partial charge in [-0.1, -0.05) is 11.6 Å². The molecule has 3 nitrogen and oxygen atoms in total. The fourth-order valence-corrected chi connectivity index (χ4v) is 2.95. The summed E-state index contributed by atoms with van der Waals surface area (Å²) in [5, 5.41) is 0.525. The fourth-order valence-electron chi connectivity index (χ4n) is 2.76. The number of halogens is 4. The SMILES string of the molecule is CC(N)C1CCN(Cc2cc(Cl)ccc2OC(F)F)CC1.Cl. The van der Waals surface area contributed by atoms with Crippen LogP contribution in [0.5, 0.6) is 5.75 Å². The normalized spacial score (nSPS) is 18.1. The average Bonchev–Trinajstić information content (AvgIpc) is 2.42. The lowest BCUT2D eigenvalue weighted by molar-refractivity contribution is -0.0508. The number of nitrogens with two attached hydrogens (primary N) is 1. The first-order valence-electron chi connectivity index (χ1n) is 7.17. The van der Waals surface area contributed by atoms with Crippen LogP contribution in [0.15, 0.2) is 18.2 Å². The van der Waals surface area contributed by atoms with Gasteiger partial charge in [-0.3, -0.25) is 4.90 Å². The van der Waals surface area contributed by atoms with Gasteiger partial charge in [0, 0.05) is 23.2 Å². The predicted octanol–water partition coefficient (Wildman–Crippen LogP) is 3.92. The van der Waals surface area contributed by atoms with Gasteiger partial charge in [-0.15, -0.1) is 12.4 Å². The van der Waals surface area contributed by atoms with Crippen LogP contribution in [0.2, 0.25) is 5.02 Å². The van der Waals surface area contributed by atoms with Gasteiger partial charge in [0.2, 0.25) is 0 Å². The molecule has 2 rings (SSSR count). The Morgan fingerprint density at radius 2 is 2.00 bits per heavy atom. The maximum Gasteiger partial charge on any atom is 0.387 e. The topological polar surface area (TPSA) is 38.5 Å². The zero-order chi connectivity index (χ0) is 15.4. The minimum atomic E-state index is -2.83. The highest BCUT2D eigenvalue weighted by atomic mass is 35.5. The van der Waals surface area contributed by atoms with Gasteiger partial charge in [0.1, 0.15) is 5.75 Å². The van der Waals surface area contributed by atoms with Gasteiger partial charge < -0.3 is 10.5 Å². The maximum atomic E-state index is 12.4. The Labute approximate surface area is 141 Å². The van der Waals surface area contributed by atoms with Gasteiger partial charge in [-0.2, -0.15) is 8.78 Å². The summed E-state index contributed by atoms with van der Waals surface area (Å²) in [6, 6.07) is 4.96. The van der Waals surface area contributed by atoms with Crippen molar-refractivity contribution in [2.75, 3.05) is 13.1 Å². The number of nitrogens with zero attached hydrogens (tertiary/aromatic N) is 1. The summed E-state index contributed by atoms with van der Waals surface area (Å²) < 4.78 is 29.4. The van der Waals surface area contributed by atoms with Crippen molar-refractivity contribution in [1.29, 1.82) is 0 Å². The van der Waals surface area contributed by atoms with Crippen molar-refractivity contribution in [3.05, 3.63) is 28.8 Å². The summed E-state index contributed by atoms with van der Waals surface area (Å²) in [5.74, 6) is 0.737. The van der Waals surface area contributed by atoms with E-state index in [-0.39, 0.29) is 24.2 Å². The van der Waals surface area contributed by atoms with Crippen LogP contribution in [0, 0.1) is 5.92 Å². The fraction of sp³-hybridized carbons (Fsp3) is 0.600. The molecule has 1 aliphatic heterocycles. The number of piperidine rings is 1. The third kappa shape index (κ3) is 5.54. The van der Waals surface area contributed by atoms with Crippen LogP contribution in [0.1, 0.15) is 25.3 Å². The Bertz CT molecular complexity index is 467. The lowest BCUT2D eigenvalue weighted by Crippen LogP contribution is -2.39. The number of likely N-dealkylation sites (tertiary alicyclic amines) is 1. The van der Waals surface area contributed by atoms with Crippen molar-refractivity contribution in [2.24, 2.45) is 11.7 Å². The lowest BCUT2D eigenvalue weighted by atomic mass is 9.91. The molecule has 2 N–H and O–H groups in total. The molecule has 22 heavy (non-hydrogen) atoms. The highest BCUT2D eigenvalue weighted by molar-refractivity contribution is 6.30. The first-order chi connectivity index (χ1) is 9.95. The maximum absolute atomic E-state index is 12.4. The molecule has 0 aromatic heterocycles. The summed E-state index contributed by atoms with van der Waals surface area (Å²) in [6.45, 7) is 1.59. The standard InChI is InChI=1S/C15H21ClF2N2O.ClH/c1-10(19)11-4-6-20(7-5-11)9-12-8-13(16)2-3-14(12)21-15(17)18;/h2-3,8,10-11,15H,4-7,9,19H2,1H3;1H. The molecule has 1 aliphatic rings. The van der Waals surface area contributed by atoms with Crippen LogP contribution in [0.4, 0.5) is 8.78 Å². The van der Waals surface area contributed by atoms with Gasteiger partial charge in [0.15, 0.2) is 0 Å². The van der Waals surface area contributed by atoms with E-state index in [2.05, 4.69) is 9.64 Å². The van der Waals surface area contributed by atoms with Crippen LogP contribution >= 0.6 is 24.0 Å². The molecular formula is C15H22Cl2F2N2O. The number of alkyl halides is 2. The van der Waals surface area contributed by atoms with Crippen LogP contribution in [0.25, 0.3) is 0 Å². The van der Waals surface area contributed by atoms with Crippen LogP contribution in [-0.2, 0) is 6.54 Å². The molecule has 1 aromatic rings. The van der Waals surface area contributed by atoms with E-state index in [9.17, 15) is 8.78 Å². The van der Waals surface area contributed by atoms with Crippen molar-refractivity contribution in [3.8, 4) is 5.75 Å². The number of ether oxygens (including phenoxy) is 1. The van der Waals surface area contributed by atoms with Crippen molar-refractivity contribution in [3.63, 3.8) is 0 Å². The van der Waals surface area contributed by atoms with Crippen molar-refractivity contribution in [2.45, 2.75) is 39.0 Å². The van der Waals surface area contributed by atoms with Crippen molar-refractivity contribution >= 4 is 24.0 Å². The molecule has 1 unspecified atom stereocenters. The molecule has 1 heterocycles. The minimum Gasteiger partial charge on any atom is -0.434 e. The van der Waals surface area contributed by atoms with E-state index in [0.29, 0.717) is 23.0 Å². The zero-order valence-electron chi connectivity index (χ0n) is 12.5. The Morgan fingerprint density at radius 1 is 1.36 bits per heavy atom. The van der Waals surface area contributed by atoms with Crippen LogP contribution in [-0.4, -0.2) is 30.6 Å². The third-order valence-corrected chi connectivity index (χ3v) is 4.24.